The summed E-state index contributed by atoms with van der Waals surface area (Å²) in [4.78, 5) is 4.75. The van der Waals surface area contributed by atoms with Gasteiger partial charge in [-0.25, -0.2) is 4.98 Å². The minimum absolute atomic E-state index is 0.00327. The molecule has 112 valence electrons. The number of imidazole rings is 1. The highest BCUT2D eigenvalue weighted by atomic mass is 32.1. The van der Waals surface area contributed by atoms with Crippen molar-refractivity contribution in [2.75, 3.05) is 17.6 Å². The van der Waals surface area contributed by atoms with E-state index in [0.717, 1.165) is 17.2 Å². The molecule has 2 aromatic rings. The molecule has 6 nitrogen and oxygen atoms in total. The summed E-state index contributed by atoms with van der Waals surface area (Å²) in [7, 11) is 1.96. The summed E-state index contributed by atoms with van der Waals surface area (Å²) in [6.07, 6.45) is 4.48. The summed E-state index contributed by atoms with van der Waals surface area (Å²) in [6.45, 7) is 4.56. The first-order chi connectivity index (χ1) is 10.0. The van der Waals surface area contributed by atoms with Gasteiger partial charge in [0.2, 0.25) is 0 Å². The maximum atomic E-state index is 9.09. The van der Waals surface area contributed by atoms with E-state index in [-0.39, 0.29) is 6.10 Å². The SMILES string of the molecule is CC(C)Oc1c(NCCc2nccn2C)sc(C#N)c1N. The van der Waals surface area contributed by atoms with Crippen LogP contribution in [-0.2, 0) is 13.5 Å². The summed E-state index contributed by atoms with van der Waals surface area (Å²) >= 11 is 1.32. The molecule has 0 fully saturated rings. The van der Waals surface area contributed by atoms with Crippen molar-refractivity contribution in [1.29, 1.82) is 5.26 Å². The van der Waals surface area contributed by atoms with Gasteiger partial charge in [-0.2, -0.15) is 5.26 Å². The third-order valence-electron chi connectivity index (χ3n) is 2.91. The lowest BCUT2D eigenvalue weighted by molar-refractivity contribution is 0.246. The fraction of sp³-hybridized carbons (Fsp3) is 0.429. The van der Waals surface area contributed by atoms with Crippen molar-refractivity contribution in [2.45, 2.75) is 26.4 Å². The molecule has 3 N–H and O–H groups in total. The number of aryl methyl sites for hydroxylation is 1. The van der Waals surface area contributed by atoms with Gasteiger partial charge in [-0.3, -0.25) is 0 Å². The van der Waals surface area contributed by atoms with Crippen molar-refractivity contribution in [3.8, 4) is 11.8 Å². The molecule has 0 saturated heterocycles. The smallest absolute Gasteiger partial charge is 0.178 e. The number of nitriles is 1. The molecule has 21 heavy (non-hydrogen) atoms. The molecular weight excluding hydrogens is 286 g/mol. The Morgan fingerprint density at radius 3 is 2.90 bits per heavy atom. The molecule has 7 heteroatoms. The van der Waals surface area contributed by atoms with Crippen LogP contribution in [0.25, 0.3) is 0 Å². The van der Waals surface area contributed by atoms with E-state index in [4.69, 9.17) is 15.7 Å². The van der Waals surface area contributed by atoms with Crippen LogP contribution in [0, 0.1) is 11.3 Å². The Hall–Kier alpha value is -2.20. The van der Waals surface area contributed by atoms with E-state index in [2.05, 4.69) is 16.4 Å². The van der Waals surface area contributed by atoms with Gasteiger partial charge >= 0.3 is 0 Å². The number of aromatic nitrogens is 2. The molecule has 0 aliphatic carbocycles. The van der Waals surface area contributed by atoms with Crippen molar-refractivity contribution in [1.82, 2.24) is 9.55 Å². The first-order valence-corrected chi connectivity index (χ1v) is 7.53. The quantitative estimate of drug-likeness (QED) is 0.855. The highest BCUT2D eigenvalue weighted by Crippen LogP contribution is 2.42. The molecule has 0 saturated carbocycles. The average molecular weight is 305 g/mol. The fourth-order valence-electron chi connectivity index (χ4n) is 1.91. The first kappa shape index (κ1) is 15.2. The normalized spacial score (nSPS) is 10.6. The van der Waals surface area contributed by atoms with Gasteiger partial charge in [0.05, 0.1) is 6.10 Å². The van der Waals surface area contributed by atoms with E-state index in [0.29, 0.717) is 22.9 Å². The largest absolute Gasteiger partial charge is 0.486 e. The third kappa shape index (κ3) is 3.47. The van der Waals surface area contributed by atoms with Crippen LogP contribution < -0.4 is 15.8 Å². The van der Waals surface area contributed by atoms with Gasteiger partial charge in [0.25, 0.3) is 0 Å². The Labute approximate surface area is 128 Å². The minimum atomic E-state index is 0.00327. The minimum Gasteiger partial charge on any atom is -0.486 e. The number of anilines is 2. The van der Waals surface area contributed by atoms with Crippen molar-refractivity contribution in [3.05, 3.63) is 23.1 Å². The van der Waals surface area contributed by atoms with Crippen LogP contribution in [0.2, 0.25) is 0 Å². The van der Waals surface area contributed by atoms with Crippen LogP contribution in [0.1, 0.15) is 24.5 Å². The predicted molar refractivity (Wildman–Crippen MR) is 84.6 cm³/mol. The van der Waals surface area contributed by atoms with E-state index >= 15 is 0 Å². The third-order valence-corrected chi connectivity index (χ3v) is 3.96. The van der Waals surface area contributed by atoms with Crippen molar-refractivity contribution in [3.63, 3.8) is 0 Å². The molecule has 2 aromatic heterocycles. The zero-order chi connectivity index (χ0) is 15.4. The number of ether oxygens (including phenoxy) is 1. The van der Waals surface area contributed by atoms with Crippen molar-refractivity contribution in [2.24, 2.45) is 7.05 Å². The maximum Gasteiger partial charge on any atom is 0.178 e. The molecule has 2 rings (SSSR count). The fourth-order valence-corrected chi connectivity index (χ4v) is 2.78. The number of thiophene rings is 1. The van der Waals surface area contributed by atoms with Crippen molar-refractivity contribution >= 4 is 22.0 Å². The molecule has 0 spiro atoms. The van der Waals surface area contributed by atoms with Crippen LogP contribution in [-0.4, -0.2) is 22.2 Å². The zero-order valence-electron chi connectivity index (χ0n) is 12.4. The number of rotatable bonds is 6. The first-order valence-electron chi connectivity index (χ1n) is 6.72. The Morgan fingerprint density at radius 1 is 1.57 bits per heavy atom. The predicted octanol–water partition coefficient (Wildman–Crippen LogP) is 2.38. The lowest BCUT2D eigenvalue weighted by atomic mass is 10.3. The van der Waals surface area contributed by atoms with Gasteiger partial charge in [-0.1, -0.05) is 0 Å². The van der Waals surface area contributed by atoms with E-state index in [9.17, 15) is 0 Å². The second-order valence-electron chi connectivity index (χ2n) is 4.91. The van der Waals surface area contributed by atoms with E-state index < -0.39 is 0 Å². The molecule has 0 bridgehead atoms. The standard InChI is InChI=1S/C14H19N5OS/c1-9(2)20-13-12(16)10(8-15)21-14(13)18-5-4-11-17-6-7-19(11)3/h6-7,9,18H,4-5,16H2,1-3H3. The van der Waals surface area contributed by atoms with Crippen LogP contribution in [0.15, 0.2) is 12.4 Å². The molecule has 0 aliphatic rings. The second kappa shape index (κ2) is 6.50. The Balaban J connectivity index is 2.08. The van der Waals surface area contributed by atoms with Crippen LogP contribution in [0.3, 0.4) is 0 Å². The molecule has 0 unspecified atom stereocenters. The average Bonchev–Trinajstić information content (AvgIpc) is 2.96. The van der Waals surface area contributed by atoms with Crippen LogP contribution in [0.5, 0.6) is 5.75 Å². The number of nitrogen functional groups attached to an aromatic ring is 1. The maximum absolute atomic E-state index is 9.09. The number of hydrogen-bond acceptors (Lipinski definition) is 6. The Bertz CT molecular complexity index is 653. The molecule has 0 radical (unpaired) electrons. The number of nitrogens with two attached hydrogens (primary N) is 1. The summed E-state index contributed by atoms with van der Waals surface area (Å²) in [6, 6.07) is 2.10. The summed E-state index contributed by atoms with van der Waals surface area (Å²) in [5, 5.41) is 13.2. The number of nitrogens with zero attached hydrogens (tertiary/aromatic N) is 3. The van der Waals surface area contributed by atoms with Crippen molar-refractivity contribution < 1.29 is 4.74 Å². The molecule has 0 amide bonds. The molecule has 2 heterocycles. The number of nitrogens with one attached hydrogen (secondary N) is 1. The lowest BCUT2D eigenvalue weighted by Crippen LogP contribution is -2.11. The molecular formula is C14H19N5OS. The molecule has 0 aromatic carbocycles. The van der Waals surface area contributed by atoms with Gasteiger partial charge in [0, 0.05) is 32.4 Å². The van der Waals surface area contributed by atoms with Crippen LogP contribution in [0.4, 0.5) is 10.7 Å². The zero-order valence-corrected chi connectivity index (χ0v) is 13.2. The molecule has 0 aliphatic heterocycles. The monoisotopic (exact) mass is 305 g/mol. The second-order valence-corrected chi connectivity index (χ2v) is 5.93. The summed E-state index contributed by atoms with van der Waals surface area (Å²) in [5.74, 6) is 1.57. The topological polar surface area (TPSA) is 88.9 Å². The summed E-state index contributed by atoms with van der Waals surface area (Å²) < 4.78 is 7.70. The molecule has 0 atom stereocenters. The highest BCUT2D eigenvalue weighted by Gasteiger charge is 2.18. The summed E-state index contributed by atoms with van der Waals surface area (Å²) in [5.41, 5.74) is 6.37. The van der Waals surface area contributed by atoms with E-state index in [1.807, 2.05) is 31.7 Å². The number of hydrogen-bond donors (Lipinski definition) is 2. The van der Waals surface area contributed by atoms with Gasteiger partial charge < -0.3 is 20.4 Å². The Kier molecular flexibility index (Phi) is 4.70. The lowest BCUT2D eigenvalue weighted by Gasteiger charge is -2.12. The van der Waals surface area contributed by atoms with E-state index in [1.54, 1.807) is 6.20 Å². The Morgan fingerprint density at radius 2 is 2.33 bits per heavy atom. The van der Waals surface area contributed by atoms with E-state index in [1.165, 1.54) is 11.3 Å². The van der Waals surface area contributed by atoms with Gasteiger partial charge in [-0.05, 0) is 13.8 Å². The highest BCUT2D eigenvalue weighted by molar-refractivity contribution is 7.17. The van der Waals surface area contributed by atoms with Gasteiger partial charge in [0.15, 0.2) is 5.75 Å². The van der Waals surface area contributed by atoms with Crippen LogP contribution >= 0.6 is 11.3 Å². The van der Waals surface area contributed by atoms with Gasteiger partial charge in [0.1, 0.15) is 27.5 Å². The van der Waals surface area contributed by atoms with Gasteiger partial charge in [-0.15, -0.1) is 11.3 Å².